The van der Waals surface area contributed by atoms with Crippen molar-refractivity contribution in [1.82, 2.24) is 0 Å². The first-order valence-electron chi connectivity index (χ1n) is 14.5. The van der Waals surface area contributed by atoms with E-state index in [1.54, 1.807) is 0 Å². The molecule has 0 N–H and O–H groups in total. The first-order chi connectivity index (χ1) is 16.7. The molecule has 0 spiro atoms. The Morgan fingerprint density at radius 3 is 2.12 bits per heavy atom. The summed E-state index contributed by atoms with van der Waals surface area (Å²) in [6.45, 7) is 6.12. The SMILES string of the molecule is C=CCCc1ccc2c(F)c(C3CCC(CCC4CCC(CCCCC)CC4)CC3)ccc2c1. The number of aryl methyl sites for hydroxylation is 1. The van der Waals surface area contributed by atoms with E-state index in [4.69, 9.17) is 0 Å². The van der Waals surface area contributed by atoms with Crippen LogP contribution in [0.4, 0.5) is 4.39 Å². The van der Waals surface area contributed by atoms with E-state index in [0.717, 1.165) is 59.8 Å². The van der Waals surface area contributed by atoms with Gasteiger partial charge in [-0.25, -0.2) is 4.39 Å². The highest BCUT2D eigenvalue weighted by Crippen LogP contribution is 2.41. The smallest absolute Gasteiger partial charge is 0.134 e. The fourth-order valence-electron chi connectivity index (χ4n) is 6.82. The maximum atomic E-state index is 15.4. The summed E-state index contributed by atoms with van der Waals surface area (Å²) in [5.74, 6) is 3.31. The molecule has 2 aliphatic carbocycles. The third-order valence-electron chi connectivity index (χ3n) is 9.14. The van der Waals surface area contributed by atoms with E-state index < -0.39 is 0 Å². The van der Waals surface area contributed by atoms with Gasteiger partial charge in [-0.3, -0.25) is 0 Å². The lowest BCUT2D eigenvalue weighted by Gasteiger charge is -2.32. The van der Waals surface area contributed by atoms with Crippen molar-refractivity contribution in [1.29, 1.82) is 0 Å². The Balaban J connectivity index is 1.23. The third-order valence-corrected chi connectivity index (χ3v) is 9.14. The van der Waals surface area contributed by atoms with Crippen molar-refractivity contribution in [2.45, 2.75) is 116 Å². The predicted octanol–water partition coefficient (Wildman–Crippen LogP) is 10.5. The maximum absolute atomic E-state index is 15.4. The molecule has 4 rings (SSSR count). The molecule has 1 heteroatoms. The lowest BCUT2D eigenvalue weighted by Crippen LogP contribution is -2.18. The molecule has 2 saturated carbocycles. The fourth-order valence-corrected chi connectivity index (χ4v) is 6.82. The summed E-state index contributed by atoms with van der Waals surface area (Å²) in [4.78, 5) is 0. The molecule has 0 unspecified atom stereocenters. The highest BCUT2D eigenvalue weighted by atomic mass is 19.1. The molecule has 0 amide bonds. The molecule has 2 fully saturated rings. The third kappa shape index (κ3) is 6.73. The zero-order valence-corrected chi connectivity index (χ0v) is 21.7. The summed E-state index contributed by atoms with van der Waals surface area (Å²) in [7, 11) is 0. The van der Waals surface area contributed by atoms with Gasteiger partial charge in [-0.1, -0.05) is 108 Å². The van der Waals surface area contributed by atoms with Gasteiger partial charge in [0.1, 0.15) is 5.82 Å². The van der Waals surface area contributed by atoms with E-state index in [9.17, 15) is 0 Å². The quantitative estimate of drug-likeness (QED) is 0.230. The van der Waals surface area contributed by atoms with Gasteiger partial charge in [-0.05, 0) is 78.7 Å². The molecule has 0 atom stereocenters. The maximum Gasteiger partial charge on any atom is 0.134 e. The van der Waals surface area contributed by atoms with Gasteiger partial charge in [-0.15, -0.1) is 6.58 Å². The summed E-state index contributed by atoms with van der Waals surface area (Å²) < 4.78 is 15.4. The number of allylic oxidation sites excluding steroid dienone is 1. The Hall–Kier alpha value is -1.63. The van der Waals surface area contributed by atoms with Crippen molar-refractivity contribution in [2.75, 3.05) is 0 Å². The second kappa shape index (κ2) is 12.9. The Morgan fingerprint density at radius 1 is 0.824 bits per heavy atom. The van der Waals surface area contributed by atoms with E-state index in [0.29, 0.717) is 5.92 Å². The molecular weight excluding hydrogens is 415 g/mol. The van der Waals surface area contributed by atoms with Crippen molar-refractivity contribution in [3.05, 3.63) is 59.9 Å². The number of rotatable bonds is 11. The van der Waals surface area contributed by atoms with Crippen LogP contribution in [-0.2, 0) is 6.42 Å². The summed E-state index contributed by atoms with van der Waals surface area (Å²) >= 11 is 0. The van der Waals surface area contributed by atoms with Crippen molar-refractivity contribution in [2.24, 2.45) is 17.8 Å². The minimum atomic E-state index is 0.0342. The zero-order chi connectivity index (χ0) is 23.8. The molecule has 2 aromatic rings. The van der Waals surface area contributed by atoms with Gasteiger partial charge in [0.15, 0.2) is 0 Å². The molecule has 2 aromatic carbocycles. The van der Waals surface area contributed by atoms with Gasteiger partial charge in [-0.2, -0.15) is 0 Å². The molecule has 34 heavy (non-hydrogen) atoms. The second-order valence-electron chi connectivity index (χ2n) is 11.5. The first-order valence-corrected chi connectivity index (χ1v) is 14.5. The van der Waals surface area contributed by atoms with Gasteiger partial charge in [0.2, 0.25) is 0 Å². The van der Waals surface area contributed by atoms with Crippen LogP contribution in [0.25, 0.3) is 10.8 Å². The molecule has 0 aromatic heterocycles. The average molecular weight is 463 g/mol. The second-order valence-corrected chi connectivity index (χ2v) is 11.5. The Bertz CT molecular complexity index is 896. The van der Waals surface area contributed by atoms with Crippen LogP contribution in [0.2, 0.25) is 0 Å². The Kier molecular flexibility index (Phi) is 9.66. The highest BCUT2D eigenvalue weighted by molar-refractivity contribution is 5.84. The van der Waals surface area contributed by atoms with E-state index >= 15 is 4.39 Å². The Labute approximate surface area is 208 Å². The van der Waals surface area contributed by atoms with Gasteiger partial charge >= 0.3 is 0 Å². The van der Waals surface area contributed by atoms with Crippen LogP contribution in [0.3, 0.4) is 0 Å². The molecule has 0 aliphatic heterocycles. The first kappa shape index (κ1) is 25.5. The lowest BCUT2D eigenvalue weighted by molar-refractivity contribution is 0.222. The van der Waals surface area contributed by atoms with Gasteiger partial charge in [0.25, 0.3) is 0 Å². The van der Waals surface area contributed by atoms with Crippen LogP contribution in [0, 0.1) is 23.6 Å². The largest absolute Gasteiger partial charge is 0.206 e. The number of unbranched alkanes of at least 4 members (excludes halogenated alkanes) is 2. The predicted molar refractivity (Wildman–Crippen MR) is 146 cm³/mol. The minimum absolute atomic E-state index is 0.0342. The number of benzene rings is 2. The van der Waals surface area contributed by atoms with Gasteiger partial charge < -0.3 is 0 Å². The van der Waals surface area contributed by atoms with E-state index in [1.807, 2.05) is 12.1 Å². The van der Waals surface area contributed by atoms with Crippen molar-refractivity contribution in [3.63, 3.8) is 0 Å². The number of fused-ring (bicyclic) bond motifs is 1. The van der Waals surface area contributed by atoms with Crippen LogP contribution in [0.15, 0.2) is 43.0 Å². The molecule has 0 heterocycles. The molecular formula is C33H47F. The molecule has 186 valence electrons. The highest BCUT2D eigenvalue weighted by Gasteiger charge is 2.27. The summed E-state index contributed by atoms with van der Waals surface area (Å²) in [6.07, 6.45) is 23.3. The summed E-state index contributed by atoms with van der Waals surface area (Å²) in [5.41, 5.74) is 2.23. The van der Waals surface area contributed by atoms with Crippen molar-refractivity contribution in [3.8, 4) is 0 Å². The summed E-state index contributed by atoms with van der Waals surface area (Å²) in [5, 5.41) is 1.84. The van der Waals surface area contributed by atoms with Crippen molar-refractivity contribution >= 4 is 10.8 Å². The molecule has 0 radical (unpaired) electrons. The summed E-state index contributed by atoms with van der Waals surface area (Å²) in [6, 6.07) is 10.5. The lowest BCUT2D eigenvalue weighted by atomic mass is 9.73. The topological polar surface area (TPSA) is 0 Å². The van der Waals surface area contributed by atoms with Crippen LogP contribution in [-0.4, -0.2) is 0 Å². The Morgan fingerprint density at radius 2 is 1.47 bits per heavy atom. The van der Waals surface area contributed by atoms with Crippen LogP contribution in [0.5, 0.6) is 0 Å². The fraction of sp³-hybridized carbons (Fsp3) is 0.636. The van der Waals surface area contributed by atoms with Crippen LogP contribution in [0.1, 0.15) is 120 Å². The molecule has 0 nitrogen and oxygen atoms in total. The van der Waals surface area contributed by atoms with Crippen molar-refractivity contribution < 1.29 is 4.39 Å². The van der Waals surface area contributed by atoms with Gasteiger partial charge in [0, 0.05) is 5.39 Å². The van der Waals surface area contributed by atoms with Crippen LogP contribution < -0.4 is 0 Å². The number of hydrogen-bond donors (Lipinski definition) is 0. The molecule has 0 bridgehead atoms. The monoisotopic (exact) mass is 462 g/mol. The number of hydrogen-bond acceptors (Lipinski definition) is 0. The van der Waals surface area contributed by atoms with E-state index in [2.05, 4.69) is 37.8 Å². The van der Waals surface area contributed by atoms with E-state index in [1.165, 1.54) is 82.6 Å². The minimum Gasteiger partial charge on any atom is -0.206 e. The average Bonchev–Trinajstić information content (AvgIpc) is 2.88. The standard InChI is InChI=1S/C33H47F/c1-3-5-7-9-25-10-12-26(13-11-25)14-15-27-16-19-29(20-17-27)31-23-21-30-24-28(8-6-4-2)18-22-32(30)33(31)34/h4,18,21-27,29H,2-3,5-17,19-20H2,1H3. The van der Waals surface area contributed by atoms with Crippen LogP contribution >= 0.6 is 0 Å². The van der Waals surface area contributed by atoms with E-state index in [-0.39, 0.29) is 5.82 Å². The van der Waals surface area contributed by atoms with Gasteiger partial charge in [0.05, 0.1) is 0 Å². The number of halogens is 1. The molecule has 0 saturated heterocycles. The normalized spacial score (nSPS) is 25.5. The zero-order valence-electron chi connectivity index (χ0n) is 21.7. The molecule has 2 aliphatic rings.